The molecule has 4 heteroatoms. The third-order valence-corrected chi connectivity index (χ3v) is 2.66. The predicted octanol–water partition coefficient (Wildman–Crippen LogP) is 0.685. The normalized spacial score (nSPS) is 22.4. The van der Waals surface area contributed by atoms with Crippen LogP contribution in [-0.2, 0) is 0 Å². The topological polar surface area (TPSA) is 49.2 Å². The van der Waals surface area contributed by atoms with Crippen molar-refractivity contribution in [1.29, 1.82) is 0 Å². The smallest absolute Gasteiger partial charge is 0.151 e. The second-order valence-corrected chi connectivity index (χ2v) is 3.72. The molecule has 0 aromatic carbocycles. The lowest BCUT2D eigenvalue weighted by molar-refractivity contribution is 0.208. The van der Waals surface area contributed by atoms with Gasteiger partial charge in [-0.05, 0) is 30.9 Å². The largest absolute Gasteiger partial charge is 0.396 e. The van der Waals surface area contributed by atoms with Crippen LogP contribution in [-0.4, -0.2) is 35.0 Å². The van der Waals surface area contributed by atoms with Crippen molar-refractivity contribution >= 4 is 5.82 Å². The van der Waals surface area contributed by atoms with Gasteiger partial charge in [0.25, 0.3) is 0 Å². The Balaban J connectivity index is 2.04. The molecule has 1 aromatic rings. The first-order valence-corrected chi connectivity index (χ1v) is 5.03. The minimum absolute atomic E-state index is 0.275. The van der Waals surface area contributed by atoms with Crippen LogP contribution in [0.15, 0.2) is 18.3 Å². The summed E-state index contributed by atoms with van der Waals surface area (Å²) in [5.74, 6) is 1.32. The molecule has 0 bridgehead atoms. The number of aromatic nitrogens is 2. The van der Waals surface area contributed by atoms with Crippen molar-refractivity contribution < 1.29 is 5.11 Å². The molecule has 1 unspecified atom stereocenters. The van der Waals surface area contributed by atoms with Gasteiger partial charge in [0.05, 0.1) is 0 Å². The summed E-state index contributed by atoms with van der Waals surface area (Å²) < 4.78 is 0. The van der Waals surface area contributed by atoms with Crippen LogP contribution >= 0.6 is 0 Å². The van der Waals surface area contributed by atoms with Crippen LogP contribution in [0.1, 0.15) is 12.8 Å². The maximum Gasteiger partial charge on any atom is 0.151 e. The fourth-order valence-corrected chi connectivity index (χ4v) is 1.88. The molecule has 1 fully saturated rings. The summed E-state index contributed by atoms with van der Waals surface area (Å²) in [5.41, 5.74) is 0. The molecule has 0 saturated carbocycles. The van der Waals surface area contributed by atoms with Gasteiger partial charge in [-0.2, -0.15) is 5.10 Å². The molecule has 0 aliphatic carbocycles. The summed E-state index contributed by atoms with van der Waals surface area (Å²) in [6.07, 6.45) is 3.92. The third-order valence-electron chi connectivity index (χ3n) is 2.66. The van der Waals surface area contributed by atoms with Crippen LogP contribution in [0.25, 0.3) is 0 Å². The highest BCUT2D eigenvalue weighted by Crippen LogP contribution is 2.20. The fourth-order valence-electron chi connectivity index (χ4n) is 1.88. The maximum absolute atomic E-state index is 9.09. The SMILES string of the molecule is OCC1CCCN(c2cccnn2)C1. The Bertz CT molecular complexity index is 278. The van der Waals surface area contributed by atoms with Crippen molar-refractivity contribution in [1.82, 2.24) is 10.2 Å². The first kappa shape index (κ1) is 9.40. The number of aliphatic hydroxyl groups is 1. The number of piperidine rings is 1. The van der Waals surface area contributed by atoms with Gasteiger partial charge in [-0.25, -0.2) is 0 Å². The Morgan fingerprint density at radius 2 is 2.50 bits per heavy atom. The van der Waals surface area contributed by atoms with Gasteiger partial charge in [0, 0.05) is 25.9 Å². The Kier molecular flexibility index (Phi) is 2.93. The lowest BCUT2D eigenvalue weighted by atomic mass is 9.99. The highest BCUT2D eigenvalue weighted by Gasteiger charge is 2.19. The average molecular weight is 193 g/mol. The summed E-state index contributed by atoms with van der Waals surface area (Å²) in [7, 11) is 0. The number of hydrogen-bond acceptors (Lipinski definition) is 4. The lowest BCUT2D eigenvalue weighted by Gasteiger charge is -2.32. The quantitative estimate of drug-likeness (QED) is 0.750. The molecular weight excluding hydrogens is 178 g/mol. The summed E-state index contributed by atoms with van der Waals surface area (Å²) in [6.45, 7) is 2.20. The molecule has 1 aliphatic rings. The van der Waals surface area contributed by atoms with Gasteiger partial charge in [0.1, 0.15) is 0 Å². The minimum Gasteiger partial charge on any atom is -0.396 e. The molecule has 1 saturated heterocycles. The van der Waals surface area contributed by atoms with Crippen LogP contribution < -0.4 is 4.90 Å². The molecule has 0 spiro atoms. The number of hydrogen-bond donors (Lipinski definition) is 1. The zero-order chi connectivity index (χ0) is 9.80. The van der Waals surface area contributed by atoms with Gasteiger partial charge in [-0.15, -0.1) is 5.10 Å². The highest BCUT2D eigenvalue weighted by atomic mass is 16.3. The molecule has 1 aromatic heterocycles. The van der Waals surface area contributed by atoms with Crippen LogP contribution in [0.3, 0.4) is 0 Å². The number of anilines is 1. The summed E-state index contributed by atoms with van der Waals surface area (Å²) in [5, 5.41) is 17.0. The van der Waals surface area contributed by atoms with E-state index in [1.165, 1.54) is 0 Å². The van der Waals surface area contributed by atoms with E-state index in [4.69, 9.17) is 5.11 Å². The Morgan fingerprint density at radius 1 is 1.57 bits per heavy atom. The first-order valence-electron chi connectivity index (χ1n) is 5.03. The molecule has 2 rings (SSSR count). The summed E-state index contributed by atoms with van der Waals surface area (Å²) in [6, 6.07) is 3.86. The second kappa shape index (κ2) is 4.37. The van der Waals surface area contributed by atoms with E-state index in [1.54, 1.807) is 6.20 Å². The van der Waals surface area contributed by atoms with E-state index in [0.29, 0.717) is 5.92 Å². The van der Waals surface area contributed by atoms with Crippen molar-refractivity contribution in [2.75, 3.05) is 24.6 Å². The van der Waals surface area contributed by atoms with E-state index < -0.39 is 0 Å². The van der Waals surface area contributed by atoms with E-state index in [1.807, 2.05) is 12.1 Å². The van der Waals surface area contributed by atoms with Gasteiger partial charge >= 0.3 is 0 Å². The molecule has 76 valence electrons. The molecule has 1 aliphatic heterocycles. The van der Waals surface area contributed by atoms with Gasteiger partial charge in [-0.1, -0.05) is 0 Å². The van der Waals surface area contributed by atoms with Gasteiger partial charge in [-0.3, -0.25) is 0 Å². The van der Waals surface area contributed by atoms with Crippen molar-refractivity contribution in [2.45, 2.75) is 12.8 Å². The molecule has 2 heterocycles. The molecule has 14 heavy (non-hydrogen) atoms. The predicted molar refractivity (Wildman–Crippen MR) is 54.1 cm³/mol. The maximum atomic E-state index is 9.09. The van der Waals surface area contributed by atoms with Gasteiger partial charge in [0.15, 0.2) is 5.82 Å². The van der Waals surface area contributed by atoms with Gasteiger partial charge < -0.3 is 10.0 Å². The molecular formula is C10H15N3O. The van der Waals surface area contributed by atoms with Crippen molar-refractivity contribution in [3.05, 3.63) is 18.3 Å². The van der Waals surface area contributed by atoms with E-state index in [-0.39, 0.29) is 6.61 Å². The monoisotopic (exact) mass is 193 g/mol. The fraction of sp³-hybridized carbons (Fsp3) is 0.600. The zero-order valence-corrected chi connectivity index (χ0v) is 8.13. The molecule has 1 atom stereocenters. The number of rotatable bonds is 2. The lowest BCUT2D eigenvalue weighted by Crippen LogP contribution is -2.37. The highest BCUT2D eigenvalue weighted by molar-refractivity contribution is 5.36. The first-order chi connectivity index (χ1) is 6.90. The molecule has 1 N–H and O–H groups in total. The van der Waals surface area contributed by atoms with Crippen molar-refractivity contribution in [2.24, 2.45) is 5.92 Å². The van der Waals surface area contributed by atoms with E-state index in [9.17, 15) is 0 Å². The minimum atomic E-state index is 0.275. The average Bonchev–Trinajstić information content (AvgIpc) is 2.30. The molecule has 0 radical (unpaired) electrons. The summed E-state index contributed by atoms with van der Waals surface area (Å²) >= 11 is 0. The van der Waals surface area contributed by atoms with Gasteiger partial charge in [0.2, 0.25) is 0 Å². The van der Waals surface area contributed by atoms with Crippen LogP contribution in [0.4, 0.5) is 5.82 Å². The number of aliphatic hydroxyl groups excluding tert-OH is 1. The third kappa shape index (κ3) is 2.01. The Hall–Kier alpha value is -1.16. The number of nitrogens with zero attached hydrogens (tertiary/aromatic N) is 3. The van der Waals surface area contributed by atoms with Crippen molar-refractivity contribution in [3.63, 3.8) is 0 Å². The van der Waals surface area contributed by atoms with Crippen LogP contribution in [0.5, 0.6) is 0 Å². The zero-order valence-electron chi connectivity index (χ0n) is 8.13. The standard InChI is InChI=1S/C10H15N3O/c14-8-9-3-2-6-13(7-9)10-4-1-5-11-12-10/h1,4-5,9,14H,2-3,6-8H2. The van der Waals surface area contributed by atoms with Crippen molar-refractivity contribution in [3.8, 4) is 0 Å². The van der Waals surface area contributed by atoms with E-state index in [2.05, 4.69) is 15.1 Å². The van der Waals surface area contributed by atoms with Crippen LogP contribution in [0.2, 0.25) is 0 Å². The van der Waals surface area contributed by atoms with Crippen LogP contribution in [0, 0.1) is 5.92 Å². The van der Waals surface area contributed by atoms with E-state index >= 15 is 0 Å². The molecule has 4 nitrogen and oxygen atoms in total. The Labute approximate surface area is 83.6 Å². The Morgan fingerprint density at radius 3 is 3.21 bits per heavy atom. The second-order valence-electron chi connectivity index (χ2n) is 3.72. The molecule has 0 amide bonds. The summed E-state index contributed by atoms with van der Waals surface area (Å²) in [4.78, 5) is 2.19. The van der Waals surface area contributed by atoms with E-state index in [0.717, 1.165) is 31.7 Å².